The van der Waals surface area contributed by atoms with Crippen LogP contribution in [-0.4, -0.2) is 35.6 Å². The molecule has 1 aromatic rings. The summed E-state index contributed by atoms with van der Waals surface area (Å²) in [4.78, 5) is 6.65. The van der Waals surface area contributed by atoms with Gasteiger partial charge in [-0.2, -0.15) is 5.26 Å². The minimum Gasteiger partial charge on any atom is -0.478 e. The number of hydrogen-bond acceptors (Lipinski definition) is 4. The second kappa shape index (κ2) is 7.60. The molecular formula is C18H27N3O. The van der Waals surface area contributed by atoms with Gasteiger partial charge in [0.2, 0.25) is 5.88 Å². The van der Waals surface area contributed by atoms with E-state index in [2.05, 4.69) is 42.8 Å². The van der Waals surface area contributed by atoms with Crippen LogP contribution in [-0.2, 0) is 5.41 Å². The Labute approximate surface area is 134 Å². The summed E-state index contributed by atoms with van der Waals surface area (Å²) in [5, 5.41) is 9.15. The van der Waals surface area contributed by atoms with Gasteiger partial charge in [0.05, 0.1) is 18.7 Å². The second-order valence-electron chi connectivity index (χ2n) is 7.01. The third-order valence-corrected chi connectivity index (χ3v) is 4.20. The van der Waals surface area contributed by atoms with Gasteiger partial charge in [-0.3, -0.25) is 4.90 Å². The zero-order valence-corrected chi connectivity index (χ0v) is 14.0. The molecule has 1 aliphatic rings. The number of hydrogen-bond donors (Lipinski definition) is 0. The van der Waals surface area contributed by atoms with Crippen LogP contribution in [0, 0.1) is 11.3 Å². The largest absolute Gasteiger partial charge is 0.478 e. The van der Waals surface area contributed by atoms with Crippen molar-refractivity contribution in [3.05, 3.63) is 23.9 Å². The molecule has 22 heavy (non-hydrogen) atoms. The summed E-state index contributed by atoms with van der Waals surface area (Å²) in [6, 6.07) is 6.53. The molecule has 0 aliphatic carbocycles. The van der Waals surface area contributed by atoms with Crippen molar-refractivity contribution in [2.45, 2.75) is 57.9 Å². The molecule has 4 heteroatoms. The van der Waals surface area contributed by atoms with Crippen molar-refractivity contribution in [3.63, 3.8) is 0 Å². The van der Waals surface area contributed by atoms with Gasteiger partial charge in [-0.1, -0.05) is 26.8 Å². The molecule has 2 rings (SSSR count). The Hall–Kier alpha value is -1.60. The van der Waals surface area contributed by atoms with Gasteiger partial charge in [0, 0.05) is 18.8 Å². The molecule has 1 aromatic heterocycles. The Bertz CT molecular complexity index is 499. The van der Waals surface area contributed by atoms with E-state index in [1.54, 1.807) is 0 Å². The maximum Gasteiger partial charge on any atom is 0.213 e. The van der Waals surface area contributed by atoms with E-state index in [1.807, 2.05) is 12.3 Å². The van der Waals surface area contributed by atoms with Gasteiger partial charge in [-0.05, 0) is 43.2 Å². The molecule has 1 atom stereocenters. The monoisotopic (exact) mass is 301 g/mol. The van der Waals surface area contributed by atoms with Gasteiger partial charge < -0.3 is 4.74 Å². The van der Waals surface area contributed by atoms with E-state index in [0.717, 1.165) is 25.9 Å². The summed E-state index contributed by atoms with van der Waals surface area (Å²) in [5.74, 6) is 0.684. The number of rotatable bonds is 5. The summed E-state index contributed by atoms with van der Waals surface area (Å²) >= 11 is 0. The van der Waals surface area contributed by atoms with E-state index < -0.39 is 0 Å². The fraction of sp³-hybridized carbons (Fsp3) is 0.667. The molecule has 1 aliphatic heterocycles. The number of ether oxygens (including phenoxy) is 1. The van der Waals surface area contributed by atoms with Gasteiger partial charge in [-0.15, -0.1) is 0 Å². The Morgan fingerprint density at radius 2 is 2.18 bits per heavy atom. The van der Waals surface area contributed by atoms with Crippen molar-refractivity contribution < 1.29 is 4.74 Å². The van der Waals surface area contributed by atoms with Crippen LogP contribution in [0.5, 0.6) is 5.88 Å². The van der Waals surface area contributed by atoms with Gasteiger partial charge >= 0.3 is 0 Å². The first-order valence-corrected chi connectivity index (χ1v) is 8.24. The highest BCUT2D eigenvalue weighted by molar-refractivity contribution is 5.23. The Kier molecular flexibility index (Phi) is 5.79. The van der Waals surface area contributed by atoms with Crippen LogP contribution in [0.2, 0.25) is 0 Å². The van der Waals surface area contributed by atoms with E-state index in [9.17, 15) is 0 Å². The predicted molar refractivity (Wildman–Crippen MR) is 87.9 cm³/mol. The normalized spacial score (nSPS) is 19.6. The van der Waals surface area contributed by atoms with Crippen LogP contribution in [0.4, 0.5) is 0 Å². The van der Waals surface area contributed by atoms with Crippen molar-refractivity contribution in [1.82, 2.24) is 9.88 Å². The Morgan fingerprint density at radius 1 is 1.36 bits per heavy atom. The number of pyridine rings is 1. The van der Waals surface area contributed by atoms with Gasteiger partial charge in [0.25, 0.3) is 0 Å². The number of nitriles is 1. The molecule has 0 aromatic carbocycles. The molecule has 2 heterocycles. The summed E-state index contributed by atoms with van der Waals surface area (Å²) in [5.41, 5.74) is 1.33. The highest BCUT2D eigenvalue weighted by atomic mass is 16.5. The lowest BCUT2D eigenvalue weighted by atomic mass is 9.88. The summed E-state index contributed by atoms with van der Waals surface area (Å²) in [6.07, 6.45) is 6.21. The number of likely N-dealkylation sites (tertiary alicyclic amines) is 1. The van der Waals surface area contributed by atoms with E-state index in [0.29, 0.717) is 12.5 Å². The number of nitrogens with zero attached hydrogens (tertiary/aromatic N) is 3. The average Bonchev–Trinajstić information content (AvgIpc) is 2.51. The van der Waals surface area contributed by atoms with Crippen LogP contribution < -0.4 is 4.74 Å². The average molecular weight is 301 g/mol. The highest BCUT2D eigenvalue weighted by Gasteiger charge is 2.21. The highest BCUT2D eigenvalue weighted by Crippen LogP contribution is 2.22. The topological polar surface area (TPSA) is 49.1 Å². The Balaban J connectivity index is 1.73. The van der Waals surface area contributed by atoms with Crippen LogP contribution >= 0.6 is 0 Å². The smallest absolute Gasteiger partial charge is 0.213 e. The quantitative estimate of drug-likeness (QED) is 0.781. The third kappa shape index (κ3) is 4.71. The second-order valence-corrected chi connectivity index (χ2v) is 7.01. The molecule has 1 saturated heterocycles. The molecule has 0 radical (unpaired) electrons. The maximum atomic E-state index is 9.15. The zero-order chi connectivity index (χ0) is 16.0. The minimum absolute atomic E-state index is 0.0953. The standard InChI is InChI=1S/C18H27N3O/c1-18(2,3)15-8-9-17(20-14-15)22-12-6-11-21-10-5-4-7-16(21)13-19/h8-9,14,16H,4-7,10-12H2,1-3H3. The van der Waals surface area contributed by atoms with E-state index >= 15 is 0 Å². The zero-order valence-electron chi connectivity index (χ0n) is 14.0. The van der Waals surface area contributed by atoms with E-state index in [1.165, 1.54) is 18.4 Å². The number of aromatic nitrogens is 1. The summed E-state index contributed by atoms with van der Waals surface area (Å²) in [7, 11) is 0. The predicted octanol–water partition coefficient (Wildman–Crippen LogP) is 3.53. The van der Waals surface area contributed by atoms with Gasteiger partial charge in [0.15, 0.2) is 0 Å². The van der Waals surface area contributed by atoms with Gasteiger partial charge in [-0.25, -0.2) is 4.98 Å². The van der Waals surface area contributed by atoms with Crippen molar-refractivity contribution >= 4 is 0 Å². The van der Waals surface area contributed by atoms with Crippen LogP contribution in [0.1, 0.15) is 52.0 Å². The molecular weight excluding hydrogens is 274 g/mol. The molecule has 0 bridgehead atoms. The lowest BCUT2D eigenvalue weighted by Gasteiger charge is -2.31. The van der Waals surface area contributed by atoms with Crippen molar-refractivity contribution in [2.75, 3.05) is 19.7 Å². The molecule has 0 saturated carbocycles. The lowest BCUT2D eigenvalue weighted by molar-refractivity contribution is 0.168. The number of piperidine rings is 1. The fourth-order valence-corrected chi connectivity index (χ4v) is 2.76. The van der Waals surface area contributed by atoms with Gasteiger partial charge in [0.1, 0.15) is 0 Å². The van der Waals surface area contributed by atoms with Crippen LogP contribution in [0.15, 0.2) is 18.3 Å². The van der Waals surface area contributed by atoms with Crippen molar-refractivity contribution in [2.24, 2.45) is 0 Å². The molecule has 4 nitrogen and oxygen atoms in total. The van der Waals surface area contributed by atoms with Crippen molar-refractivity contribution in [1.29, 1.82) is 5.26 Å². The SMILES string of the molecule is CC(C)(C)c1ccc(OCCCN2CCCCC2C#N)nc1. The third-order valence-electron chi connectivity index (χ3n) is 4.20. The lowest BCUT2D eigenvalue weighted by Crippen LogP contribution is -2.39. The first-order valence-electron chi connectivity index (χ1n) is 8.24. The summed E-state index contributed by atoms with van der Waals surface area (Å²) in [6.45, 7) is 9.14. The molecule has 0 N–H and O–H groups in total. The van der Waals surface area contributed by atoms with Crippen LogP contribution in [0.25, 0.3) is 0 Å². The fourth-order valence-electron chi connectivity index (χ4n) is 2.76. The minimum atomic E-state index is 0.0953. The molecule has 0 spiro atoms. The maximum absolute atomic E-state index is 9.15. The summed E-state index contributed by atoms with van der Waals surface area (Å²) < 4.78 is 5.71. The first kappa shape index (κ1) is 16.8. The Morgan fingerprint density at radius 3 is 2.82 bits per heavy atom. The molecule has 0 amide bonds. The van der Waals surface area contributed by atoms with E-state index in [4.69, 9.17) is 10.00 Å². The molecule has 120 valence electrons. The first-order chi connectivity index (χ1) is 10.5. The molecule has 1 unspecified atom stereocenters. The molecule has 1 fully saturated rings. The van der Waals surface area contributed by atoms with Crippen molar-refractivity contribution in [3.8, 4) is 11.9 Å². The van der Waals surface area contributed by atoms with Crippen LogP contribution in [0.3, 0.4) is 0 Å². The van der Waals surface area contributed by atoms with E-state index in [-0.39, 0.29) is 11.5 Å².